The lowest BCUT2D eigenvalue weighted by atomic mass is 9.83. The molecule has 0 aliphatic carbocycles. The Bertz CT molecular complexity index is 1120. The molecule has 0 amide bonds. The van der Waals surface area contributed by atoms with Gasteiger partial charge in [0, 0.05) is 12.6 Å². The fraction of sp³-hybridized carbons (Fsp3) is 0.417. The number of aromatic hydroxyl groups is 1. The number of aryl methyl sites for hydroxylation is 2. The Morgan fingerprint density at radius 1 is 0.964 bits per heavy atom. The molecule has 0 bridgehead atoms. The number of phenolic OH excluding ortho intramolecular Hbond substituents is 1. The van der Waals surface area contributed by atoms with Crippen LogP contribution >= 0.6 is 0 Å². The molecule has 2 aliphatic rings. The highest BCUT2D eigenvalue weighted by Gasteiger charge is 2.33. The van der Waals surface area contributed by atoms with E-state index in [1.807, 2.05) is 13.8 Å². The second-order valence-corrected chi connectivity index (χ2v) is 8.27. The Morgan fingerprint density at radius 3 is 2.39 bits per heavy atom. The van der Waals surface area contributed by atoms with Crippen molar-refractivity contribution < 1.29 is 14.6 Å². The number of methoxy groups -OCH3 is 2. The zero-order chi connectivity index (χ0) is 19.6. The number of benzene rings is 3. The molecule has 28 heavy (non-hydrogen) atoms. The number of phenols is 1. The van der Waals surface area contributed by atoms with Crippen LogP contribution in [0.25, 0.3) is 21.5 Å². The first kappa shape index (κ1) is 17.6. The van der Waals surface area contributed by atoms with E-state index in [0.717, 1.165) is 46.4 Å². The molecule has 1 N–H and O–H groups in total. The maximum atomic E-state index is 10.7. The van der Waals surface area contributed by atoms with Crippen molar-refractivity contribution in [2.24, 2.45) is 0 Å². The Hall–Kier alpha value is -2.46. The van der Waals surface area contributed by atoms with Crippen LogP contribution in [-0.4, -0.2) is 36.8 Å². The molecule has 0 saturated carbocycles. The van der Waals surface area contributed by atoms with Crippen LogP contribution in [0, 0.1) is 13.8 Å². The summed E-state index contributed by atoms with van der Waals surface area (Å²) in [7, 11) is 3.36. The normalized spacial score (nSPS) is 19.1. The van der Waals surface area contributed by atoms with Crippen LogP contribution in [-0.2, 0) is 13.0 Å². The number of hydrogen-bond acceptors (Lipinski definition) is 4. The van der Waals surface area contributed by atoms with Crippen LogP contribution in [0.4, 0.5) is 0 Å². The van der Waals surface area contributed by atoms with Crippen molar-refractivity contribution in [2.45, 2.75) is 45.7 Å². The van der Waals surface area contributed by atoms with E-state index in [0.29, 0.717) is 11.8 Å². The van der Waals surface area contributed by atoms with E-state index in [1.165, 1.54) is 41.3 Å². The minimum Gasteiger partial charge on any atom is -0.507 e. The lowest BCUT2D eigenvalue weighted by Gasteiger charge is -2.34. The standard InChI is InChI=1S/C24H27NO3/c1-13-8-18-16-9-15-6-5-7-25(15)12-20(16)17-10-21(27-3)22(28-4)11-19(17)23(18)14(2)24(13)26/h8,10-11,15,26H,5-7,9,12H2,1-4H3/t15-/m0/s1. The molecule has 1 atom stereocenters. The van der Waals surface area contributed by atoms with Crippen molar-refractivity contribution in [3.05, 3.63) is 40.5 Å². The van der Waals surface area contributed by atoms with E-state index in [9.17, 15) is 5.11 Å². The summed E-state index contributed by atoms with van der Waals surface area (Å²) in [6.07, 6.45) is 3.64. The summed E-state index contributed by atoms with van der Waals surface area (Å²) in [5, 5.41) is 15.5. The Balaban J connectivity index is 1.95. The minimum atomic E-state index is 0.391. The van der Waals surface area contributed by atoms with E-state index >= 15 is 0 Å². The average molecular weight is 377 g/mol. The SMILES string of the molecule is COc1cc2c3c(c4cc(C)c(O)c(C)c4c2cc1OC)C[C@@H]1CCCN1C3. The molecule has 0 unspecified atom stereocenters. The fourth-order valence-corrected chi connectivity index (χ4v) is 5.41. The molecule has 1 saturated heterocycles. The number of rotatable bonds is 2. The molecule has 3 aromatic rings. The summed E-state index contributed by atoms with van der Waals surface area (Å²) in [6.45, 7) is 6.20. The zero-order valence-electron chi connectivity index (χ0n) is 17.1. The second kappa shape index (κ2) is 6.28. The van der Waals surface area contributed by atoms with Gasteiger partial charge in [-0.05, 0) is 102 Å². The van der Waals surface area contributed by atoms with Crippen molar-refractivity contribution in [2.75, 3.05) is 20.8 Å². The van der Waals surface area contributed by atoms with Gasteiger partial charge < -0.3 is 14.6 Å². The molecule has 4 heteroatoms. The third-order valence-corrected chi connectivity index (χ3v) is 6.84. The maximum Gasteiger partial charge on any atom is 0.161 e. The van der Waals surface area contributed by atoms with Crippen molar-refractivity contribution in [1.29, 1.82) is 0 Å². The first-order valence-electron chi connectivity index (χ1n) is 10.1. The second-order valence-electron chi connectivity index (χ2n) is 8.27. The highest BCUT2D eigenvalue weighted by molar-refractivity contribution is 6.14. The van der Waals surface area contributed by atoms with Gasteiger partial charge in [0.2, 0.25) is 0 Å². The van der Waals surface area contributed by atoms with Gasteiger partial charge in [-0.2, -0.15) is 0 Å². The van der Waals surface area contributed by atoms with Gasteiger partial charge in [0.1, 0.15) is 5.75 Å². The molecule has 2 heterocycles. The van der Waals surface area contributed by atoms with E-state index in [1.54, 1.807) is 14.2 Å². The summed E-state index contributed by atoms with van der Waals surface area (Å²) >= 11 is 0. The van der Waals surface area contributed by atoms with Crippen LogP contribution in [0.5, 0.6) is 17.2 Å². The molecular formula is C24H27NO3. The largest absolute Gasteiger partial charge is 0.507 e. The highest BCUT2D eigenvalue weighted by atomic mass is 16.5. The quantitative estimate of drug-likeness (QED) is 0.648. The molecule has 3 aromatic carbocycles. The van der Waals surface area contributed by atoms with Crippen LogP contribution in [0.2, 0.25) is 0 Å². The van der Waals surface area contributed by atoms with Gasteiger partial charge in [0.25, 0.3) is 0 Å². The fourth-order valence-electron chi connectivity index (χ4n) is 5.41. The van der Waals surface area contributed by atoms with Crippen LogP contribution in [0.3, 0.4) is 0 Å². The molecule has 146 valence electrons. The lowest BCUT2D eigenvalue weighted by Crippen LogP contribution is -2.35. The van der Waals surface area contributed by atoms with Crippen molar-refractivity contribution in [3.8, 4) is 17.2 Å². The third kappa shape index (κ3) is 2.34. The summed E-state index contributed by atoms with van der Waals surface area (Å²) < 4.78 is 11.2. The van der Waals surface area contributed by atoms with E-state index in [-0.39, 0.29) is 0 Å². The zero-order valence-corrected chi connectivity index (χ0v) is 17.1. The summed E-state index contributed by atoms with van der Waals surface area (Å²) in [6, 6.07) is 7.02. The van der Waals surface area contributed by atoms with Crippen molar-refractivity contribution in [3.63, 3.8) is 0 Å². The first-order chi connectivity index (χ1) is 13.5. The van der Waals surface area contributed by atoms with Gasteiger partial charge in [-0.15, -0.1) is 0 Å². The van der Waals surface area contributed by atoms with Crippen LogP contribution < -0.4 is 9.47 Å². The predicted molar refractivity (Wildman–Crippen MR) is 113 cm³/mol. The smallest absolute Gasteiger partial charge is 0.161 e. The Kier molecular flexibility index (Phi) is 3.95. The first-order valence-corrected chi connectivity index (χ1v) is 10.1. The number of nitrogens with zero attached hydrogens (tertiary/aromatic N) is 1. The van der Waals surface area contributed by atoms with E-state index < -0.39 is 0 Å². The molecule has 1 fully saturated rings. The number of ether oxygens (including phenoxy) is 2. The third-order valence-electron chi connectivity index (χ3n) is 6.84. The highest BCUT2D eigenvalue weighted by Crippen LogP contribution is 2.46. The van der Waals surface area contributed by atoms with Gasteiger partial charge in [0.15, 0.2) is 11.5 Å². The topological polar surface area (TPSA) is 41.9 Å². The Labute approximate surface area is 165 Å². The van der Waals surface area contributed by atoms with E-state index in [2.05, 4.69) is 23.1 Å². The van der Waals surface area contributed by atoms with Crippen molar-refractivity contribution in [1.82, 2.24) is 4.90 Å². The number of hydrogen-bond donors (Lipinski definition) is 1. The van der Waals surface area contributed by atoms with Crippen molar-refractivity contribution >= 4 is 21.5 Å². The Morgan fingerprint density at radius 2 is 1.68 bits per heavy atom. The van der Waals surface area contributed by atoms with Gasteiger partial charge >= 0.3 is 0 Å². The summed E-state index contributed by atoms with van der Waals surface area (Å²) in [5.74, 6) is 1.88. The molecule has 0 radical (unpaired) electrons. The van der Waals surface area contributed by atoms with Gasteiger partial charge in [-0.1, -0.05) is 0 Å². The minimum absolute atomic E-state index is 0.391. The summed E-state index contributed by atoms with van der Waals surface area (Å²) in [4.78, 5) is 2.63. The molecule has 5 rings (SSSR count). The van der Waals surface area contributed by atoms with Gasteiger partial charge in [-0.3, -0.25) is 4.90 Å². The number of fused-ring (bicyclic) bond motifs is 7. The average Bonchev–Trinajstić information content (AvgIpc) is 3.17. The van der Waals surface area contributed by atoms with E-state index in [4.69, 9.17) is 9.47 Å². The maximum absolute atomic E-state index is 10.7. The van der Waals surface area contributed by atoms with Gasteiger partial charge in [-0.25, -0.2) is 0 Å². The van der Waals surface area contributed by atoms with Crippen LogP contribution in [0.15, 0.2) is 18.2 Å². The molecule has 4 nitrogen and oxygen atoms in total. The lowest BCUT2D eigenvalue weighted by molar-refractivity contribution is 0.229. The summed E-state index contributed by atoms with van der Waals surface area (Å²) in [5.41, 5.74) is 4.75. The molecule has 0 aromatic heterocycles. The monoisotopic (exact) mass is 377 g/mol. The molecule has 0 spiro atoms. The predicted octanol–water partition coefficient (Wildman–Crippen LogP) is 4.85. The molecule has 2 aliphatic heterocycles. The van der Waals surface area contributed by atoms with Gasteiger partial charge in [0.05, 0.1) is 14.2 Å². The molecular weight excluding hydrogens is 350 g/mol. The van der Waals surface area contributed by atoms with Crippen LogP contribution in [0.1, 0.15) is 35.1 Å².